The average Bonchev–Trinajstić information content (AvgIpc) is 2.90. The molecule has 0 spiro atoms. The van der Waals surface area contributed by atoms with E-state index in [9.17, 15) is 8.42 Å². The molecule has 1 aliphatic carbocycles. The van der Waals surface area contributed by atoms with Crippen LogP contribution in [0.5, 0.6) is 0 Å². The van der Waals surface area contributed by atoms with Crippen LogP contribution in [0.1, 0.15) is 27.2 Å². The van der Waals surface area contributed by atoms with Crippen molar-refractivity contribution in [1.29, 1.82) is 0 Å². The third-order valence-electron chi connectivity index (χ3n) is 4.33. The lowest BCUT2D eigenvalue weighted by Crippen LogP contribution is -2.39. The summed E-state index contributed by atoms with van der Waals surface area (Å²) in [6.07, 6.45) is 7.49. The van der Waals surface area contributed by atoms with Crippen LogP contribution in [0.3, 0.4) is 0 Å². The summed E-state index contributed by atoms with van der Waals surface area (Å²) in [6.45, 7) is 5.93. The van der Waals surface area contributed by atoms with Gasteiger partial charge >= 0.3 is 0 Å². The predicted molar refractivity (Wildman–Crippen MR) is 97.0 cm³/mol. The Morgan fingerprint density at radius 3 is 2.78 bits per heavy atom. The van der Waals surface area contributed by atoms with Crippen LogP contribution in [-0.4, -0.2) is 22.1 Å². The molecule has 4 nitrogen and oxygen atoms in total. The van der Waals surface area contributed by atoms with E-state index in [0.717, 1.165) is 15.4 Å². The maximum Gasteiger partial charge on any atom is 0.249 e. The number of rotatable bonds is 3. The lowest BCUT2D eigenvalue weighted by molar-refractivity contribution is 0.541. The van der Waals surface area contributed by atoms with Crippen LogP contribution in [-0.2, 0) is 10.0 Å². The van der Waals surface area contributed by atoms with Gasteiger partial charge in [0.1, 0.15) is 4.75 Å². The first-order chi connectivity index (χ1) is 10.7. The highest BCUT2D eigenvalue weighted by Crippen LogP contribution is 2.39. The Kier molecular flexibility index (Phi) is 4.01. The summed E-state index contributed by atoms with van der Waals surface area (Å²) < 4.78 is 27.8. The van der Waals surface area contributed by atoms with Gasteiger partial charge in [0.25, 0.3) is 0 Å². The Bertz CT molecular complexity index is 925. The van der Waals surface area contributed by atoms with Crippen molar-refractivity contribution in [1.82, 2.24) is 8.96 Å². The normalized spacial score (nSPS) is 22.3. The fourth-order valence-corrected chi connectivity index (χ4v) is 5.54. The molecule has 1 atom stereocenters. The molecule has 0 amide bonds. The summed E-state index contributed by atoms with van der Waals surface area (Å²) in [5.74, 6) is 0.297. The van der Waals surface area contributed by atoms with Crippen molar-refractivity contribution in [3.05, 3.63) is 52.8 Å². The number of aromatic nitrogens is 2. The molecule has 0 bridgehead atoms. The first-order valence-electron chi connectivity index (χ1n) is 7.51. The van der Waals surface area contributed by atoms with Crippen LogP contribution < -0.4 is 0 Å². The van der Waals surface area contributed by atoms with Crippen molar-refractivity contribution in [3.8, 4) is 0 Å². The maximum atomic E-state index is 13.3. The summed E-state index contributed by atoms with van der Waals surface area (Å²) in [6, 6.07) is 5.45. The first kappa shape index (κ1) is 16.5. The van der Waals surface area contributed by atoms with Gasteiger partial charge in [0.15, 0.2) is 5.65 Å². The van der Waals surface area contributed by atoms with E-state index in [2.05, 4.69) is 34.8 Å². The highest BCUT2D eigenvalue weighted by atomic mass is 79.9. The molecule has 122 valence electrons. The topological polar surface area (TPSA) is 52.0 Å². The van der Waals surface area contributed by atoms with E-state index in [4.69, 9.17) is 0 Å². The molecule has 0 N–H and O–H groups in total. The van der Waals surface area contributed by atoms with E-state index < -0.39 is 14.8 Å². The van der Waals surface area contributed by atoms with E-state index in [1.54, 1.807) is 37.5 Å². The van der Waals surface area contributed by atoms with Gasteiger partial charge in [0.2, 0.25) is 10.0 Å². The van der Waals surface area contributed by atoms with Gasteiger partial charge in [-0.3, -0.25) is 0 Å². The molecule has 1 aliphatic rings. The van der Waals surface area contributed by atoms with Gasteiger partial charge in [0.05, 0.1) is 0 Å². The zero-order valence-electron chi connectivity index (χ0n) is 13.3. The minimum Gasteiger partial charge on any atom is -0.237 e. The van der Waals surface area contributed by atoms with Crippen LogP contribution in [0.2, 0.25) is 0 Å². The lowest BCUT2D eigenvalue weighted by atomic mass is 9.88. The SMILES string of the molecule is CC(C)C1=CC(Br)=CC(C)(S(=O)(=O)n2ccc3cccnc32)C1. The van der Waals surface area contributed by atoms with E-state index in [-0.39, 0.29) is 0 Å². The Labute approximate surface area is 145 Å². The molecule has 0 radical (unpaired) electrons. The Morgan fingerprint density at radius 2 is 2.09 bits per heavy atom. The monoisotopic (exact) mass is 394 g/mol. The molecular formula is C17H19BrN2O2S. The third-order valence-corrected chi connectivity index (χ3v) is 7.04. The summed E-state index contributed by atoms with van der Waals surface area (Å²) in [5, 5.41) is 0.818. The Hall–Kier alpha value is -1.40. The molecule has 0 aromatic carbocycles. The molecule has 0 aliphatic heterocycles. The van der Waals surface area contributed by atoms with Crippen LogP contribution >= 0.6 is 15.9 Å². The van der Waals surface area contributed by atoms with E-state index >= 15 is 0 Å². The quantitative estimate of drug-likeness (QED) is 0.781. The molecular weight excluding hydrogens is 376 g/mol. The molecule has 6 heteroatoms. The number of allylic oxidation sites excluding steroid dienone is 3. The van der Waals surface area contributed by atoms with Crippen molar-refractivity contribution in [2.75, 3.05) is 0 Å². The van der Waals surface area contributed by atoms with Gasteiger partial charge in [-0.05, 0) is 49.6 Å². The number of nitrogens with zero attached hydrogens (tertiary/aromatic N) is 2. The fraction of sp³-hybridized carbons (Fsp3) is 0.353. The zero-order chi connectivity index (χ0) is 16.8. The number of fused-ring (bicyclic) bond motifs is 1. The second kappa shape index (κ2) is 5.60. The predicted octanol–water partition coefficient (Wildman–Crippen LogP) is 4.24. The van der Waals surface area contributed by atoms with E-state index in [0.29, 0.717) is 18.0 Å². The van der Waals surface area contributed by atoms with Gasteiger partial charge in [-0.15, -0.1) is 0 Å². The highest BCUT2D eigenvalue weighted by molar-refractivity contribution is 9.11. The van der Waals surface area contributed by atoms with Gasteiger partial charge in [-0.2, -0.15) is 0 Å². The molecule has 3 rings (SSSR count). The number of hydrogen-bond donors (Lipinski definition) is 0. The minimum atomic E-state index is -3.64. The number of pyridine rings is 1. The Balaban J connectivity index is 2.15. The minimum absolute atomic E-state index is 0.297. The van der Waals surface area contributed by atoms with Crippen LogP contribution in [0, 0.1) is 5.92 Å². The average molecular weight is 395 g/mol. The number of hydrogen-bond acceptors (Lipinski definition) is 3. The van der Waals surface area contributed by atoms with Crippen LogP contribution in [0.15, 0.2) is 52.8 Å². The van der Waals surface area contributed by atoms with Crippen LogP contribution in [0.25, 0.3) is 11.0 Å². The molecule has 0 saturated carbocycles. The molecule has 23 heavy (non-hydrogen) atoms. The second-order valence-electron chi connectivity index (χ2n) is 6.43. The molecule has 2 aromatic heterocycles. The van der Waals surface area contributed by atoms with Gasteiger partial charge in [-0.25, -0.2) is 17.4 Å². The molecule has 0 fully saturated rings. The van der Waals surface area contributed by atoms with Crippen LogP contribution in [0.4, 0.5) is 0 Å². The molecule has 2 heterocycles. The summed E-state index contributed by atoms with van der Waals surface area (Å²) in [5.41, 5.74) is 1.59. The smallest absolute Gasteiger partial charge is 0.237 e. The highest BCUT2D eigenvalue weighted by Gasteiger charge is 2.42. The summed E-state index contributed by atoms with van der Waals surface area (Å²) in [7, 11) is -3.64. The van der Waals surface area contributed by atoms with Gasteiger partial charge < -0.3 is 0 Å². The van der Waals surface area contributed by atoms with Crippen molar-refractivity contribution < 1.29 is 8.42 Å². The van der Waals surface area contributed by atoms with Crippen molar-refractivity contribution >= 4 is 37.0 Å². The number of halogens is 1. The van der Waals surface area contributed by atoms with Crippen molar-refractivity contribution in [2.45, 2.75) is 31.9 Å². The Morgan fingerprint density at radius 1 is 1.35 bits per heavy atom. The van der Waals surface area contributed by atoms with E-state index in [1.165, 1.54) is 3.97 Å². The summed E-state index contributed by atoms with van der Waals surface area (Å²) in [4.78, 5) is 4.24. The van der Waals surface area contributed by atoms with Gasteiger partial charge in [-0.1, -0.05) is 35.4 Å². The lowest BCUT2D eigenvalue weighted by Gasteiger charge is -2.32. The van der Waals surface area contributed by atoms with E-state index in [1.807, 2.05) is 12.1 Å². The van der Waals surface area contributed by atoms with Crippen molar-refractivity contribution in [3.63, 3.8) is 0 Å². The standard InChI is InChI=1S/C17H19BrN2O2S/c1-12(2)14-9-15(18)11-17(3,10-14)23(21,22)20-8-6-13-5-4-7-19-16(13)20/h4-9,11-12H,10H2,1-3H3. The second-order valence-corrected chi connectivity index (χ2v) is 9.62. The summed E-state index contributed by atoms with van der Waals surface area (Å²) >= 11 is 3.47. The van der Waals surface area contributed by atoms with Crippen molar-refractivity contribution in [2.24, 2.45) is 5.92 Å². The maximum absolute atomic E-state index is 13.3. The fourth-order valence-electron chi connectivity index (χ4n) is 2.92. The molecule has 1 unspecified atom stereocenters. The third kappa shape index (κ3) is 2.68. The largest absolute Gasteiger partial charge is 0.249 e. The van der Waals surface area contributed by atoms with Gasteiger partial charge in [0, 0.05) is 22.3 Å². The molecule has 2 aromatic rings. The zero-order valence-corrected chi connectivity index (χ0v) is 15.7. The molecule has 0 saturated heterocycles. The first-order valence-corrected chi connectivity index (χ1v) is 9.74.